The quantitative estimate of drug-likeness (QED) is 0.650. The van der Waals surface area contributed by atoms with E-state index in [1.165, 1.54) is 77.3 Å². The Morgan fingerprint density at radius 1 is 0.818 bits per heavy atom. The first kappa shape index (κ1) is 19.9. The lowest BCUT2D eigenvalue weighted by Crippen LogP contribution is -2.30. The highest BCUT2D eigenvalue weighted by Gasteiger charge is 2.15. The predicted molar refractivity (Wildman–Crippen MR) is 89.5 cm³/mol. The molecule has 0 aromatic heterocycles. The normalized spacial score (nSPS) is 21.2. The van der Waals surface area contributed by atoms with Crippen molar-refractivity contribution in [2.24, 2.45) is 11.8 Å². The van der Waals surface area contributed by atoms with Crippen molar-refractivity contribution in [3.8, 4) is 0 Å². The van der Waals surface area contributed by atoms with E-state index in [1.54, 1.807) is 0 Å². The maximum absolute atomic E-state index is 9.63. The van der Waals surface area contributed by atoms with Gasteiger partial charge in [0.05, 0.1) is 12.4 Å². The van der Waals surface area contributed by atoms with Crippen LogP contribution in [0.1, 0.15) is 64.2 Å². The molecule has 132 valence electrons. The fourth-order valence-corrected chi connectivity index (χ4v) is 3.62. The molecule has 5 nitrogen and oxygen atoms in total. The molecule has 0 bridgehead atoms. The number of nitrogens with one attached hydrogen (secondary N) is 1. The fraction of sp³-hybridized carbons (Fsp3) is 1.00. The second kappa shape index (κ2) is 11.4. The van der Waals surface area contributed by atoms with Crippen LogP contribution in [0.25, 0.3) is 0 Å². The SMILES string of the molecule is C1CCC(CNCC2CCCCC2)CC1.O=S(=O)(O)CCO. The van der Waals surface area contributed by atoms with E-state index in [0.29, 0.717) is 0 Å². The largest absolute Gasteiger partial charge is 0.395 e. The van der Waals surface area contributed by atoms with E-state index in [4.69, 9.17) is 9.66 Å². The second-order valence-electron chi connectivity index (χ2n) is 6.68. The summed E-state index contributed by atoms with van der Waals surface area (Å²) in [5, 5.41) is 11.6. The van der Waals surface area contributed by atoms with E-state index in [9.17, 15) is 8.42 Å². The highest BCUT2D eigenvalue weighted by Crippen LogP contribution is 2.24. The summed E-state index contributed by atoms with van der Waals surface area (Å²) in [4.78, 5) is 0. The summed E-state index contributed by atoms with van der Waals surface area (Å²) in [5.41, 5.74) is 0. The molecule has 3 N–H and O–H groups in total. The summed E-state index contributed by atoms with van der Waals surface area (Å²) in [6.07, 6.45) is 14.8. The Morgan fingerprint density at radius 2 is 1.23 bits per heavy atom. The summed E-state index contributed by atoms with van der Waals surface area (Å²) in [6, 6.07) is 0. The number of hydrogen-bond acceptors (Lipinski definition) is 4. The number of rotatable bonds is 6. The number of hydrogen-bond donors (Lipinski definition) is 3. The topological polar surface area (TPSA) is 86.6 Å². The van der Waals surface area contributed by atoms with Gasteiger partial charge in [0.1, 0.15) is 0 Å². The van der Waals surface area contributed by atoms with Crippen LogP contribution < -0.4 is 5.32 Å². The molecular weight excluding hydrogens is 302 g/mol. The molecule has 0 spiro atoms. The minimum Gasteiger partial charge on any atom is -0.395 e. The number of aliphatic hydroxyl groups is 1. The van der Waals surface area contributed by atoms with Crippen molar-refractivity contribution in [3.63, 3.8) is 0 Å². The van der Waals surface area contributed by atoms with Gasteiger partial charge in [0.15, 0.2) is 0 Å². The molecule has 0 unspecified atom stereocenters. The van der Waals surface area contributed by atoms with Crippen LogP contribution in [0, 0.1) is 11.8 Å². The van der Waals surface area contributed by atoms with E-state index < -0.39 is 22.5 Å². The monoisotopic (exact) mass is 335 g/mol. The molecule has 2 saturated carbocycles. The molecule has 2 aliphatic carbocycles. The van der Waals surface area contributed by atoms with Crippen LogP contribution in [-0.2, 0) is 10.1 Å². The maximum Gasteiger partial charge on any atom is 0.267 e. The maximum atomic E-state index is 9.63. The first-order valence-electron chi connectivity index (χ1n) is 8.78. The van der Waals surface area contributed by atoms with Gasteiger partial charge in [-0.15, -0.1) is 0 Å². The molecular formula is C16H33NO4S. The van der Waals surface area contributed by atoms with Crippen LogP contribution in [0.5, 0.6) is 0 Å². The Morgan fingerprint density at radius 3 is 1.50 bits per heavy atom. The molecule has 0 saturated heterocycles. The third-order valence-electron chi connectivity index (χ3n) is 4.66. The minimum atomic E-state index is -3.92. The van der Waals surface area contributed by atoms with Crippen molar-refractivity contribution in [2.45, 2.75) is 64.2 Å². The molecule has 2 rings (SSSR count). The molecule has 0 amide bonds. The van der Waals surface area contributed by atoms with E-state index in [-0.39, 0.29) is 0 Å². The molecule has 0 atom stereocenters. The summed E-state index contributed by atoms with van der Waals surface area (Å²) >= 11 is 0. The minimum absolute atomic E-state index is 0.529. The molecule has 2 fully saturated rings. The molecule has 0 aliphatic heterocycles. The standard InChI is InChI=1S/C14H27N.C2H6O4S/c1-3-7-13(8-4-1)11-15-12-14-9-5-2-6-10-14;3-1-2-7(4,5)6/h13-15H,1-12H2;3H,1-2H2,(H,4,5,6). The van der Waals surface area contributed by atoms with Crippen LogP contribution in [0.3, 0.4) is 0 Å². The fourth-order valence-electron chi connectivity index (χ4n) is 3.39. The van der Waals surface area contributed by atoms with Gasteiger partial charge in [0.25, 0.3) is 10.1 Å². The zero-order valence-electron chi connectivity index (χ0n) is 13.7. The average molecular weight is 336 g/mol. The van der Waals surface area contributed by atoms with Gasteiger partial charge in [-0.1, -0.05) is 38.5 Å². The van der Waals surface area contributed by atoms with Crippen LogP contribution in [0.4, 0.5) is 0 Å². The summed E-state index contributed by atoms with van der Waals surface area (Å²) in [5.74, 6) is 1.43. The van der Waals surface area contributed by atoms with Crippen LogP contribution >= 0.6 is 0 Å². The van der Waals surface area contributed by atoms with Crippen molar-refractivity contribution < 1.29 is 18.1 Å². The third kappa shape index (κ3) is 10.5. The van der Waals surface area contributed by atoms with Crippen molar-refractivity contribution >= 4 is 10.1 Å². The molecule has 22 heavy (non-hydrogen) atoms. The van der Waals surface area contributed by atoms with E-state index in [1.807, 2.05) is 0 Å². The first-order valence-corrected chi connectivity index (χ1v) is 10.4. The summed E-state index contributed by atoms with van der Waals surface area (Å²) in [6.45, 7) is 2.08. The van der Waals surface area contributed by atoms with Gasteiger partial charge < -0.3 is 10.4 Å². The second-order valence-corrected chi connectivity index (χ2v) is 8.25. The summed E-state index contributed by atoms with van der Waals surface area (Å²) in [7, 11) is -3.92. The van der Waals surface area contributed by atoms with Gasteiger partial charge in [-0.05, 0) is 50.6 Å². The lowest BCUT2D eigenvalue weighted by atomic mass is 9.87. The third-order valence-corrected chi connectivity index (χ3v) is 5.36. The predicted octanol–water partition coefficient (Wildman–Crippen LogP) is 2.60. The van der Waals surface area contributed by atoms with Gasteiger partial charge in [-0.2, -0.15) is 8.42 Å². The Hall–Kier alpha value is -0.170. The molecule has 6 heteroatoms. The molecule has 2 aliphatic rings. The van der Waals surface area contributed by atoms with E-state index in [0.717, 1.165) is 11.8 Å². The van der Waals surface area contributed by atoms with Gasteiger partial charge in [0.2, 0.25) is 0 Å². The lowest BCUT2D eigenvalue weighted by molar-refractivity contribution is 0.305. The Balaban J connectivity index is 0.000000295. The molecule has 0 radical (unpaired) electrons. The van der Waals surface area contributed by atoms with Crippen molar-refractivity contribution in [1.82, 2.24) is 5.32 Å². The highest BCUT2D eigenvalue weighted by atomic mass is 32.2. The molecule has 0 aromatic carbocycles. The van der Waals surface area contributed by atoms with Crippen LogP contribution in [-0.4, -0.2) is 43.5 Å². The van der Waals surface area contributed by atoms with Crippen LogP contribution in [0.15, 0.2) is 0 Å². The van der Waals surface area contributed by atoms with Gasteiger partial charge in [-0.25, -0.2) is 0 Å². The highest BCUT2D eigenvalue weighted by molar-refractivity contribution is 7.85. The van der Waals surface area contributed by atoms with Gasteiger partial charge in [0, 0.05) is 0 Å². The number of aliphatic hydroxyl groups excluding tert-OH is 1. The van der Waals surface area contributed by atoms with Gasteiger partial charge in [-0.3, -0.25) is 4.55 Å². The van der Waals surface area contributed by atoms with E-state index in [2.05, 4.69) is 5.32 Å². The summed E-state index contributed by atoms with van der Waals surface area (Å²) < 4.78 is 27.1. The molecule has 0 heterocycles. The first-order chi connectivity index (χ1) is 10.5. The van der Waals surface area contributed by atoms with Gasteiger partial charge >= 0.3 is 0 Å². The Labute approximate surface area is 135 Å². The zero-order valence-corrected chi connectivity index (χ0v) is 14.5. The van der Waals surface area contributed by atoms with Crippen LogP contribution in [0.2, 0.25) is 0 Å². The van der Waals surface area contributed by atoms with E-state index >= 15 is 0 Å². The van der Waals surface area contributed by atoms with Crippen molar-refractivity contribution in [1.29, 1.82) is 0 Å². The average Bonchev–Trinajstić information content (AvgIpc) is 2.49. The smallest absolute Gasteiger partial charge is 0.267 e. The molecule has 0 aromatic rings. The Bertz CT molecular complexity index is 342. The zero-order chi connectivity index (χ0) is 16.3. The van der Waals surface area contributed by atoms with Crippen molar-refractivity contribution in [3.05, 3.63) is 0 Å². The Kier molecular flexibility index (Phi) is 10.3. The lowest BCUT2D eigenvalue weighted by Gasteiger charge is -2.25. The van der Waals surface area contributed by atoms with Crippen molar-refractivity contribution in [2.75, 3.05) is 25.4 Å².